The van der Waals surface area contributed by atoms with E-state index >= 15 is 0 Å². The quantitative estimate of drug-likeness (QED) is 0.567. The van der Waals surface area contributed by atoms with Crippen LogP contribution in [0.25, 0.3) is 0 Å². The molecule has 1 N–H and O–H groups in total. The van der Waals surface area contributed by atoms with Gasteiger partial charge in [0.25, 0.3) is 0 Å². The summed E-state index contributed by atoms with van der Waals surface area (Å²) < 4.78 is 5.17. The van der Waals surface area contributed by atoms with Gasteiger partial charge in [-0.2, -0.15) is 0 Å². The number of thiol groups is 1. The molecule has 4 heteroatoms. The second-order valence-corrected chi connectivity index (χ2v) is 5.87. The van der Waals surface area contributed by atoms with Gasteiger partial charge in [0.15, 0.2) is 0 Å². The topological polar surface area (TPSA) is 29.5 Å². The Bertz CT molecular complexity index is 183. The van der Waals surface area contributed by atoms with Crippen molar-refractivity contribution >= 4 is 29.2 Å². The number of hydrogen-bond acceptors (Lipinski definition) is 3. The Morgan fingerprint density at radius 1 is 1.38 bits per heavy atom. The van der Waals surface area contributed by atoms with Crippen molar-refractivity contribution in [1.29, 1.82) is 0 Å². The van der Waals surface area contributed by atoms with Crippen molar-refractivity contribution in [1.82, 2.24) is 0 Å². The van der Waals surface area contributed by atoms with Gasteiger partial charge in [-0.15, -0.1) is 0 Å². The average Bonchev–Trinajstić information content (AvgIpc) is 1.78. The Kier molecular flexibility index (Phi) is 4.69. The molecular weight excluding hydrogens is 204 g/mol. The highest BCUT2D eigenvalue weighted by atomic mass is 32.1. The molecule has 0 saturated heterocycles. The molecular formula is C9H18O2S2. The van der Waals surface area contributed by atoms with Crippen LogP contribution < -0.4 is 0 Å². The first kappa shape index (κ1) is 13.2. The number of rotatable bonds is 3. The van der Waals surface area contributed by atoms with Crippen LogP contribution >= 0.6 is 24.8 Å². The number of aliphatic hydroxyl groups is 1. The zero-order valence-corrected chi connectivity index (χ0v) is 10.3. The first-order valence-corrected chi connectivity index (χ1v) is 5.06. The van der Waals surface area contributed by atoms with E-state index in [4.69, 9.17) is 4.74 Å². The van der Waals surface area contributed by atoms with E-state index in [9.17, 15) is 5.11 Å². The highest BCUT2D eigenvalue weighted by Gasteiger charge is 2.28. The lowest BCUT2D eigenvalue weighted by Gasteiger charge is -2.30. The number of thiocarbonyl (C=S) groups is 1. The predicted octanol–water partition coefficient (Wildman–Crippen LogP) is 2.40. The van der Waals surface area contributed by atoms with Crippen molar-refractivity contribution in [3.05, 3.63) is 0 Å². The molecule has 0 unspecified atom stereocenters. The Labute approximate surface area is 91.1 Å². The highest BCUT2D eigenvalue weighted by molar-refractivity contribution is 8.10. The summed E-state index contributed by atoms with van der Waals surface area (Å²) >= 11 is 8.46. The standard InChI is InChI=1S/C9H18O2S2/c1-8(2,3)5-9(4,10)6-11-7(12)13/h10H,5-6H2,1-4H3,(H,12,13)/t9-/m1/s1. The second kappa shape index (κ2) is 4.62. The van der Waals surface area contributed by atoms with Gasteiger partial charge in [-0.3, -0.25) is 0 Å². The lowest BCUT2D eigenvalue weighted by atomic mass is 9.83. The van der Waals surface area contributed by atoms with Gasteiger partial charge in [-0.05, 0) is 31.0 Å². The lowest BCUT2D eigenvalue weighted by Crippen LogP contribution is -2.35. The van der Waals surface area contributed by atoms with Crippen LogP contribution in [0.5, 0.6) is 0 Å². The van der Waals surface area contributed by atoms with E-state index in [1.54, 1.807) is 6.92 Å². The van der Waals surface area contributed by atoms with E-state index in [2.05, 4.69) is 45.6 Å². The molecule has 0 aliphatic heterocycles. The molecule has 0 aromatic rings. The summed E-state index contributed by atoms with van der Waals surface area (Å²) in [5.41, 5.74) is -0.768. The molecule has 0 heterocycles. The average molecular weight is 222 g/mol. The smallest absolute Gasteiger partial charge is 0.216 e. The van der Waals surface area contributed by atoms with Gasteiger partial charge in [0, 0.05) is 0 Å². The summed E-state index contributed by atoms with van der Waals surface area (Å²) in [4.78, 5) is 0. The van der Waals surface area contributed by atoms with Crippen molar-refractivity contribution in [3.8, 4) is 0 Å². The van der Waals surface area contributed by atoms with Crippen LogP contribution in [-0.4, -0.2) is 21.7 Å². The summed E-state index contributed by atoms with van der Waals surface area (Å²) in [5.74, 6) is 0. The van der Waals surface area contributed by atoms with Gasteiger partial charge in [-0.1, -0.05) is 33.4 Å². The fourth-order valence-corrected chi connectivity index (χ4v) is 1.53. The SMILES string of the molecule is CC(C)(C)C[C@@](C)(O)COC(=S)S. The van der Waals surface area contributed by atoms with Crippen molar-refractivity contribution < 1.29 is 9.84 Å². The van der Waals surface area contributed by atoms with Crippen LogP contribution in [0.3, 0.4) is 0 Å². The number of ether oxygens (including phenoxy) is 1. The molecule has 0 fully saturated rings. The van der Waals surface area contributed by atoms with Gasteiger partial charge >= 0.3 is 0 Å². The summed E-state index contributed by atoms with van der Waals surface area (Å²) in [6.45, 7) is 8.15. The molecule has 13 heavy (non-hydrogen) atoms. The maximum absolute atomic E-state index is 9.88. The fraction of sp³-hybridized carbons (Fsp3) is 0.889. The third-order valence-corrected chi connectivity index (χ3v) is 1.66. The molecule has 0 spiro atoms. The predicted molar refractivity (Wildman–Crippen MR) is 62.2 cm³/mol. The molecule has 0 rings (SSSR count). The van der Waals surface area contributed by atoms with E-state index in [1.807, 2.05) is 0 Å². The van der Waals surface area contributed by atoms with Crippen molar-refractivity contribution in [3.63, 3.8) is 0 Å². The summed E-state index contributed by atoms with van der Waals surface area (Å²) in [6, 6.07) is 0. The Hall–Kier alpha value is 0.200. The maximum Gasteiger partial charge on any atom is 0.216 e. The van der Waals surface area contributed by atoms with Crippen LogP contribution in [0.2, 0.25) is 0 Å². The van der Waals surface area contributed by atoms with Gasteiger partial charge in [0.05, 0.1) is 5.60 Å². The zero-order chi connectivity index (χ0) is 10.7. The third-order valence-electron chi connectivity index (χ3n) is 1.42. The largest absolute Gasteiger partial charge is 0.476 e. The van der Waals surface area contributed by atoms with E-state index in [0.29, 0.717) is 6.42 Å². The Balaban J connectivity index is 4.01. The maximum atomic E-state index is 9.88. The molecule has 0 radical (unpaired) electrons. The van der Waals surface area contributed by atoms with Gasteiger partial charge in [0.2, 0.25) is 4.38 Å². The van der Waals surface area contributed by atoms with Crippen LogP contribution in [0.15, 0.2) is 0 Å². The molecule has 0 amide bonds. The lowest BCUT2D eigenvalue weighted by molar-refractivity contribution is -0.0213. The molecule has 0 aromatic carbocycles. The van der Waals surface area contributed by atoms with Crippen LogP contribution in [0, 0.1) is 5.41 Å². The minimum Gasteiger partial charge on any atom is -0.476 e. The van der Waals surface area contributed by atoms with E-state index < -0.39 is 5.60 Å². The summed E-state index contributed by atoms with van der Waals surface area (Å²) in [7, 11) is 0. The van der Waals surface area contributed by atoms with Gasteiger partial charge in [0.1, 0.15) is 6.61 Å². The minimum absolute atomic E-state index is 0.0745. The molecule has 78 valence electrons. The highest BCUT2D eigenvalue weighted by Crippen LogP contribution is 2.27. The van der Waals surface area contributed by atoms with Crippen molar-refractivity contribution in [2.75, 3.05) is 6.61 Å². The van der Waals surface area contributed by atoms with Crippen molar-refractivity contribution in [2.45, 2.75) is 39.7 Å². The molecule has 0 aliphatic carbocycles. The summed E-state index contributed by atoms with van der Waals surface area (Å²) in [5, 5.41) is 9.88. The molecule has 0 saturated carbocycles. The first-order valence-electron chi connectivity index (χ1n) is 4.20. The molecule has 1 atom stereocenters. The Morgan fingerprint density at radius 3 is 2.15 bits per heavy atom. The monoisotopic (exact) mass is 222 g/mol. The van der Waals surface area contributed by atoms with Crippen molar-refractivity contribution in [2.24, 2.45) is 5.41 Å². The van der Waals surface area contributed by atoms with Gasteiger partial charge in [-0.25, -0.2) is 0 Å². The van der Waals surface area contributed by atoms with Crippen LogP contribution in [0.4, 0.5) is 0 Å². The Morgan fingerprint density at radius 2 is 1.85 bits per heavy atom. The van der Waals surface area contributed by atoms with Crippen LogP contribution in [-0.2, 0) is 4.74 Å². The normalized spacial score (nSPS) is 16.5. The van der Waals surface area contributed by atoms with Crippen LogP contribution in [0.1, 0.15) is 34.1 Å². The second-order valence-electron chi connectivity index (χ2n) is 4.79. The third kappa shape index (κ3) is 8.53. The first-order chi connectivity index (χ1) is 5.62. The number of hydrogen-bond donors (Lipinski definition) is 2. The van der Waals surface area contributed by atoms with E-state index in [0.717, 1.165) is 0 Å². The molecule has 2 nitrogen and oxygen atoms in total. The summed E-state index contributed by atoms with van der Waals surface area (Å²) in [6.07, 6.45) is 0.663. The van der Waals surface area contributed by atoms with E-state index in [-0.39, 0.29) is 16.4 Å². The molecule has 0 bridgehead atoms. The zero-order valence-electron chi connectivity index (χ0n) is 8.63. The van der Waals surface area contributed by atoms with E-state index in [1.165, 1.54) is 0 Å². The minimum atomic E-state index is -0.842. The molecule has 0 aromatic heterocycles. The van der Waals surface area contributed by atoms with Gasteiger partial charge < -0.3 is 9.84 Å². The molecule has 0 aliphatic rings. The fourth-order valence-electron chi connectivity index (χ4n) is 1.41.